The van der Waals surface area contributed by atoms with Crippen LogP contribution in [0.3, 0.4) is 0 Å². The lowest BCUT2D eigenvalue weighted by Crippen LogP contribution is -2.43. The standard InChI is InChI=1S/C9H19NO4/c1-5-13-14-8(6-9(11)12)7-10(2,3)4/h8H,5-7H2,1-4H3/p+1. The van der Waals surface area contributed by atoms with E-state index in [-0.39, 0.29) is 6.42 Å². The molecule has 0 rings (SSSR count). The zero-order valence-electron chi connectivity index (χ0n) is 9.32. The van der Waals surface area contributed by atoms with Crippen LogP contribution in [0, 0.1) is 0 Å². The minimum Gasteiger partial charge on any atom is -0.481 e. The molecule has 1 N–H and O–H groups in total. The fraction of sp³-hybridized carbons (Fsp3) is 0.889. The molecular formula is C9H20NO4+. The van der Waals surface area contributed by atoms with Crippen LogP contribution in [0.1, 0.15) is 13.3 Å². The van der Waals surface area contributed by atoms with E-state index in [1.54, 1.807) is 6.92 Å². The Morgan fingerprint density at radius 2 is 2.00 bits per heavy atom. The summed E-state index contributed by atoms with van der Waals surface area (Å²) in [5.74, 6) is -0.872. The minimum atomic E-state index is -0.872. The van der Waals surface area contributed by atoms with Gasteiger partial charge in [-0.1, -0.05) is 0 Å². The van der Waals surface area contributed by atoms with Gasteiger partial charge in [-0.05, 0) is 6.92 Å². The van der Waals surface area contributed by atoms with Crippen LogP contribution in [0.15, 0.2) is 0 Å². The molecule has 0 aromatic carbocycles. The summed E-state index contributed by atoms with van der Waals surface area (Å²) in [5, 5.41) is 8.64. The SMILES string of the molecule is CCOOC(CC(=O)O)C[N+](C)(C)C. The summed E-state index contributed by atoms with van der Waals surface area (Å²) in [6.45, 7) is 2.82. The van der Waals surface area contributed by atoms with Crippen molar-refractivity contribution in [2.75, 3.05) is 34.3 Å². The second kappa shape index (κ2) is 5.95. The number of rotatable bonds is 7. The smallest absolute Gasteiger partial charge is 0.306 e. The van der Waals surface area contributed by atoms with Gasteiger partial charge < -0.3 is 9.59 Å². The minimum absolute atomic E-state index is 0.0322. The van der Waals surface area contributed by atoms with Gasteiger partial charge in [0.25, 0.3) is 0 Å². The molecule has 0 amide bonds. The van der Waals surface area contributed by atoms with Crippen LogP contribution in [-0.4, -0.2) is 56.0 Å². The number of carboxylic acids is 1. The summed E-state index contributed by atoms with van der Waals surface area (Å²) >= 11 is 0. The Hall–Kier alpha value is -0.650. The normalized spacial score (nSPS) is 14.0. The molecule has 1 atom stereocenters. The van der Waals surface area contributed by atoms with Crippen LogP contribution >= 0.6 is 0 Å². The summed E-state index contributed by atoms with van der Waals surface area (Å²) in [6.07, 6.45) is -0.428. The van der Waals surface area contributed by atoms with Crippen LogP contribution < -0.4 is 0 Å². The summed E-state index contributed by atoms with van der Waals surface area (Å²) in [6, 6.07) is 0. The van der Waals surface area contributed by atoms with E-state index in [0.29, 0.717) is 17.6 Å². The van der Waals surface area contributed by atoms with Crippen LogP contribution in [-0.2, 0) is 14.6 Å². The predicted molar refractivity (Wildman–Crippen MR) is 51.7 cm³/mol. The molecule has 0 aliphatic rings. The van der Waals surface area contributed by atoms with Gasteiger partial charge in [-0.15, -0.1) is 0 Å². The second-order valence-corrected chi connectivity index (χ2v) is 4.20. The number of likely N-dealkylation sites (N-methyl/N-ethyl adjacent to an activating group) is 1. The molecule has 1 unspecified atom stereocenters. The van der Waals surface area contributed by atoms with E-state index >= 15 is 0 Å². The van der Waals surface area contributed by atoms with Crippen LogP contribution in [0.5, 0.6) is 0 Å². The lowest BCUT2D eigenvalue weighted by atomic mass is 10.2. The largest absolute Gasteiger partial charge is 0.481 e. The van der Waals surface area contributed by atoms with Gasteiger partial charge in [-0.3, -0.25) is 4.79 Å². The lowest BCUT2D eigenvalue weighted by Gasteiger charge is -2.27. The first-order chi connectivity index (χ1) is 6.35. The molecule has 5 heteroatoms. The maximum atomic E-state index is 10.5. The summed E-state index contributed by atoms with van der Waals surface area (Å²) in [7, 11) is 5.93. The maximum absolute atomic E-state index is 10.5. The van der Waals surface area contributed by atoms with Crippen molar-refractivity contribution in [3.05, 3.63) is 0 Å². The average molecular weight is 206 g/mol. The first kappa shape index (κ1) is 13.4. The predicted octanol–water partition coefficient (Wildman–Crippen LogP) is 0.504. The highest BCUT2D eigenvalue weighted by Gasteiger charge is 2.22. The van der Waals surface area contributed by atoms with E-state index in [1.165, 1.54) is 0 Å². The molecule has 0 heterocycles. The van der Waals surface area contributed by atoms with E-state index in [4.69, 9.17) is 14.9 Å². The van der Waals surface area contributed by atoms with Gasteiger partial charge in [-0.25, -0.2) is 9.78 Å². The van der Waals surface area contributed by atoms with Crippen LogP contribution in [0.2, 0.25) is 0 Å². The van der Waals surface area contributed by atoms with Crippen molar-refractivity contribution in [3.63, 3.8) is 0 Å². The third kappa shape index (κ3) is 7.97. The van der Waals surface area contributed by atoms with Crippen LogP contribution in [0.4, 0.5) is 0 Å². The lowest BCUT2D eigenvalue weighted by molar-refractivity contribution is -0.875. The van der Waals surface area contributed by atoms with E-state index in [2.05, 4.69) is 0 Å². The highest BCUT2D eigenvalue weighted by molar-refractivity contribution is 5.67. The zero-order chi connectivity index (χ0) is 11.2. The number of aliphatic carboxylic acids is 1. The highest BCUT2D eigenvalue weighted by Crippen LogP contribution is 2.05. The van der Waals surface area contributed by atoms with Crippen molar-refractivity contribution in [2.24, 2.45) is 0 Å². The van der Waals surface area contributed by atoms with E-state index in [9.17, 15) is 4.79 Å². The monoisotopic (exact) mass is 206 g/mol. The van der Waals surface area contributed by atoms with Crippen molar-refractivity contribution in [2.45, 2.75) is 19.4 Å². The first-order valence-corrected chi connectivity index (χ1v) is 4.65. The molecule has 0 saturated heterocycles. The highest BCUT2D eigenvalue weighted by atomic mass is 17.2. The third-order valence-electron chi connectivity index (χ3n) is 1.48. The Bertz CT molecular complexity index is 176. The number of hydrogen-bond acceptors (Lipinski definition) is 3. The Kier molecular flexibility index (Phi) is 5.68. The Morgan fingerprint density at radius 3 is 2.36 bits per heavy atom. The topological polar surface area (TPSA) is 55.8 Å². The molecule has 0 aromatic rings. The van der Waals surface area contributed by atoms with Crippen molar-refractivity contribution >= 4 is 5.97 Å². The number of carboxylic acid groups (broad SMARTS) is 1. The number of nitrogens with zero attached hydrogens (tertiary/aromatic N) is 1. The molecule has 0 saturated carbocycles. The molecule has 0 aliphatic carbocycles. The average Bonchev–Trinajstić information content (AvgIpc) is 1.96. The molecule has 0 fully saturated rings. The molecule has 14 heavy (non-hydrogen) atoms. The van der Waals surface area contributed by atoms with E-state index in [0.717, 1.165) is 0 Å². The molecule has 0 radical (unpaired) electrons. The zero-order valence-corrected chi connectivity index (χ0v) is 9.32. The molecule has 5 nitrogen and oxygen atoms in total. The number of carbonyl (C=O) groups is 1. The van der Waals surface area contributed by atoms with Gasteiger partial charge in [0.1, 0.15) is 6.54 Å². The van der Waals surface area contributed by atoms with Gasteiger partial charge in [0.2, 0.25) is 0 Å². The molecule has 84 valence electrons. The number of hydrogen-bond donors (Lipinski definition) is 1. The third-order valence-corrected chi connectivity index (χ3v) is 1.48. The molecule has 0 bridgehead atoms. The van der Waals surface area contributed by atoms with Gasteiger partial charge >= 0.3 is 5.97 Å². The van der Waals surface area contributed by atoms with Gasteiger partial charge in [-0.2, -0.15) is 0 Å². The Balaban J connectivity index is 4.03. The fourth-order valence-electron chi connectivity index (χ4n) is 1.10. The maximum Gasteiger partial charge on any atom is 0.306 e. The van der Waals surface area contributed by atoms with Gasteiger partial charge in [0.15, 0.2) is 6.10 Å². The van der Waals surface area contributed by atoms with Crippen molar-refractivity contribution in [1.29, 1.82) is 0 Å². The quantitative estimate of drug-likeness (QED) is 0.374. The molecule has 0 spiro atoms. The van der Waals surface area contributed by atoms with Gasteiger partial charge in [0.05, 0.1) is 34.2 Å². The van der Waals surface area contributed by atoms with Crippen molar-refractivity contribution in [3.8, 4) is 0 Å². The number of quaternary nitrogens is 1. The van der Waals surface area contributed by atoms with Gasteiger partial charge in [0, 0.05) is 0 Å². The summed E-state index contributed by atoms with van der Waals surface area (Å²) in [5.41, 5.74) is 0. The summed E-state index contributed by atoms with van der Waals surface area (Å²) in [4.78, 5) is 20.3. The molecule has 0 aromatic heterocycles. The van der Waals surface area contributed by atoms with Crippen molar-refractivity contribution < 1.29 is 24.2 Å². The van der Waals surface area contributed by atoms with E-state index < -0.39 is 12.1 Å². The summed E-state index contributed by atoms with van der Waals surface area (Å²) < 4.78 is 0.644. The molecule has 0 aliphatic heterocycles. The van der Waals surface area contributed by atoms with Crippen LogP contribution in [0.25, 0.3) is 0 Å². The Morgan fingerprint density at radius 1 is 1.43 bits per heavy atom. The van der Waals surface area contributed by atoms with E-state index in [1.807, 2.05) is 21.1 Å². The second-order valence-electron chi connectivity index (χ2n) is 4.20. The van der Waals surface area contributed by atoms with Crippen molar-refractivity contribution in [1.82, 2.24) is 0 Å². The first-order valence-electron chi connectivity index (χ1n) is 4.65. The Labute approximate surface area is 84.7 Å². The fourth-order valence-corrected chi connectivity index (χ4v) is 1.10. The molecular weight excluding hydrogens is 186 g/mol.